The summed E-state index contributed by atoms with van der Waals surface area (Å²) in [5.41, 5.74) is -0.436. The summed E-state index contributed by atoms with van der Waals surface area (Å²) >= 11 is 1.28. The summed E-state index contributed by atoms with van der Waals surface area (Å²) in [5.74, 6) is -0.771. The van der Waals surface area contributed by atoms with Gasteiger partial charge in [-0.15, -0.1) is 11.3 Å². The maximum Gasteiger partial charge on any atom is 0.406 e. The standard InChI is InChI=1S/C14H17F3N4O2S/c1-19(2)4-5-20(8-14(15,16)17)11(22)7-21-9-18-12-10(13(21)23)3-6-24-12/h3,6,9H,4-5,7-8H2,1-2H3. The Morgan fingerprint density at radius 3 is 2.67 bits per heavy atom. The van der Waals surface area contributed by atoms with Crippen LogP contribution in [-0.4, -0.2) is 65.2 Å². The van der Waals surface area contributed by atoms with Gasteiger partial charge in [0.15, 0.2) is 0 Å². The van der Waals surface area contributed by atoms with E-state index in [1.807, 2.05) is 0 Å². The number of fused-ring (bicyclic) bond motifs is 1. The van der Waals surface area contributed by atoms with E-state index in [0.717, 1.165) is 4.57 Å². The first-order chi connectivity index (χ1) is 11.2. The van der Waals surface area contributed by atoms with Gasteiger partial charge in [0.2, 0.25) is 5.91 Å². The van der Waals surface area contributed by atoms with E-state index in [0.29, 0.717) is 21.7 Å². The molecule has 0 spiro atoms. The third kappa shape index (κ3) is 4.78. The molecule has 0 aliphatic heterocycles. The van der Waals surface area contributed by atoms with Gasteiger partial charge in [-0.2, -0.15) is 13.2 Å². The van der Waals surface area contributed by atoms with Gasteiger partial charge in [-0.3, -0.25) is 14.2 Å². The summed E-state index contributed by atoms with van der Waals surface area (Å²) in [6.07, 6.45) is -3.31. The van der Waals surface area contributed by atoms with Crippen molar-refractivity contribution in [2.75, 3.05) is 33.7 Å². The highest BCUT2D eigenvalue weighted by Gasteiger charge is 2.33. The van der Waals surface area contributed by atoms with Crippen LogP contribution in [0.2, 0.25) is 0 Å². The van der Waals surface area contributed by atoms with Crippen molar-refractivity contribution in [3.8, 4) is 0 Å². The molecule has 0 saturated carbocycles. The second-order valence-electron chi connectivity index (χ2n) is 5.55. The number of halogens is 3. The minimum Gasteiger partial charge on any atom is -0.331 e. The molecule has 1 amide bonds. The van der Waals surface area contributed by atoms with Gasteiger partial charge in [-0.05, 0) is 25.5 Å². The van der Waals surface area contributed by atoms with Crippen molar-refractivity contribution in [3.05, 3.63) is 28.1 Å². The molecule has 2 heterocycles. The Balaban J connectivity index is 2.18. The van der Waals surface area contributed by atoms with Crippen LogP contribution in [0.1, 0.15) is 0 Å². The highest BCUT2D eigenvalue weighted by atomic mass is 32.1. The molecule has 2 aromatic rings. The summed E-state index contributed by atoms with van der Waals surface area (Å²) in [4.78, 5) is 31.4. The summed E-state index contributed by atoms with van der Waals surface area (Å²) in [6, 6.07) is 1.58. The number of aromatic nitrogens is 2. The number of alkyl halides is 3. The normalized spacial score (nSPS) is 12.1. The Morgan fingerprint density at radius 2 is 2.04 bits per heavy atom. The van der Waals surface area contributed by atoms with Gasteiger partial charge in [0.25, 0.3) is 5.56 Å². The fraction of sp³-hybridized carbons (Fsp3) is 0.500. The average Bonchev–Trinajstić information content (AvgIpc) is 2.94. The molecule has 0 atom stereocenters. The molecule has 0 aliphatic carbocycles. The summed E-state index contributed by atoms with van der Waals surface area (Å²) in [7, 11) is 3.41. The minimum absolute atomic E-state index is 0.0752. The zero-order valence-corrected chi connectivity index (χ0v) is 14.0. The molecular weight excluding hydrogens is 345 g/mol. The third-order valence-electron chi connectivity index (χ3n) is 3.30. The van der Waals surface area contributed by atoms with Crippen LogP contribution >= 0.6 is 11.3 Å². The lowest BCUT2D eigenvalue weighted by Crippen LogP contribution is -2.44. The van der Waals surface area contributed by atoms with Crippen molar-refractivity contribution < 1.29 is 18.0 Å². The SMILES string of the molecule is CN(C)CCN(CC(F)(F)F)C(=O)Cn1cnc2sccc2c1=O. The molecule has 10 heteroatoms. The largest absolute Gasteiger partial charge is 0.406 e. The maximum absolute atomic E-state index is 12.7. The number of amides is 1. The molecule has 0 saturated heterocycles. The highest BCUT2D eigenvalue weighted by Crippen LogP contribution is 2.17. The molecular formula is C14H17F3N4O2S. The van der Waals surface area contributed by atoms with Gasteiger partial charge in [-0.1, -0.05) is 0 Å². The van der Waals surface area contributed by atoms with Gasteiger partial charge in [0, 0.05) is 13.1 Å². The molecule has 0 fully saturated rings. The highest BCUT2D eigenvalue weighted by molar-refractivity contribution is 7.16. The lowest BCUT2D eigenvalue weighted by molar-refractivity contribution is -0.161. The van der Waals surface area contributed by atoms with Crippen LogP contribution in [0.15, 0.2) is 22.6 Å². The van der Waals surface area contributed by atoms with E-state index >= 15 is 0 Å². The topological polar surface area (TPSA) is 58.4 Å². The molecule has 0 unspecified atom stereocenters. The second-order valence-corrected chi connectivity index (χ2v) is 6.45. The van der Waals surface area contributed by atoms with Crippen LogP contribution in [0.5, 0.6) is 0 Å². The van der Waals surface area contributed by atoms with E-state index in [4.69, 9.17) is 0 Å². The third-order valence-corrected chi connectivity index (χ3v) is 4.12. The van der Waals surface area contributed by atoms with Crippen LogP contribution in [0.4, 0.5) is 13.2 Å². The number of likely N-dealkylation sites (N-methyl/N-ethyl adjacent to an activating group) is 1. The van der Waals surface area contributed by atoms with Crippen molar-refractivity contribution in [2.24, 2.45) is 0 Å². The lowest BCUT2D eigenvalue weighted by Gasteiger charge is -2.25. The molecule has 0 bridgehead atoms. The van der Waals surface area contributed by atoms with E-state index in [-0.39, 0.29) is 6.54 Å². The monoisotopic (exact) mass is 362 g/mol. The van der Waals surface area contributed by atoms with Crippen molar-refractivity contribution in [1.29, 1.82) is 0 Å². The van der Waals surface area contributed by atoms with Crippen molar-refractivity contribution >= 4 is 27.5 Å². The van der Waals surface area contributed by atoms with E-state index in [2.05, 4.69) is 4.98 Å². The summed E-state index contributed by atoms with van der Waals surface area (Å²) < 4.78 is 39.1. The van der Waals surface area contributed by atoms with E-state index in [1.54, 1.807) is 30.4 Å². The molecule has 0 N–H and O–H groups in total. The number of carbonyl (C=O) groups excluding carboxylic acids is 1. The smallest absolute Gasteiger partial charge is 0.331 e. The number of thiophene rings is 1. The van der Waals surface area contributed by atoms with Crippen molar-refractivity contribution in [3.63, 3.8) is 0 Å². The fourth-order valence-electron chi connectivity index (χ4n) is 2.08. The summed E-state index contributed by atoms with van der Waals surface area (Å²) in [6.45, 7) is -1.60. The molecule has 0 aliphatic rings. The van der Waals surface area contributed by atoms with Crippen LogP contribution in [-0.2, 0) is 11.3 Å². The van der Waals surface area contributed by atoms with Gasteiger partial charge in [0.05, 0.1) is 11.7 Å². The number of nitrogens with zero attached hydrogens (tertiary/aromatic N) is 4. The lowest BCUT2D eigenvalue weighted by atomic mass is 10.3. The van der Waals surface area contributed by atoms with Crippen LogP contribution < -0.4 is 5.56 Å². The fourth-order valence-corrected chi connectivity index (χ4v) is 2.80. The first kappa shape index (κ1) is 18.4. The Kier molecular flexibility index (Phi) is 5.60. The maximum atomic E-state index is 12.7. The van der Waals surface area contributed by atoms with E-state index in [1.165, 1.54) is 17.7 Å². The van der Waals surface area contributed by atoms with Crippen LogP contribution in [0.3, 0.4) is 0 Å². The quantitative estimate of drug-likeness (QED) is 0.780. The van der Waals surface area contributed by atoms with Crippen LogP contribution in [0.25, 0.3) is 10.2 Å². The van der Waals surface area contributed by atoms with Gasteiger partial charge in [-0.25, -0.2) is 4.98 Å². The average molecular weight is 362 g/mol. The first-order valence-electron chi connectivity index (χ1n) is 7.09. The van der Waals surface area contributed by atoms with Gasteiger partial charge in [0.1, 0.15) is 17.9 Å². The van der Waals surface area contributed by atoms with Crippen molar-refractivity contribution in [1.82, 2.24) is 19.4 Å². The molecule has 24 heavy (non-hydrogen) atoms. The zero-order chi connectivity index (χ0) is 17.9. The molecule has 2 aromatic heterocycles. The number of hydrogen-bond acceptors (Lipinski definition) is 5. The molecule has 2 rings (SSSR count). The van der Waals surface area contributed by atoms with Gasteiger partial charge >= 0.3 is 6.18 Å². The Hall–Kier alpha value is -1.94. The summed E-state index contributed by atoms with van der Waals surface area (Å²) in [5, 5.41) is 2.05. The van der Waals surface area contributed by atoms with Crippen molar-refractivity contribution in [2.45, 2.75) is 12.7 Å². The Labute approximate surface area is 140 Å². The molecule has 6 nitrogen and oxygen atoms in total. The predicted octanol–water partition coefficient (Wildman–Crippen LogP) is 1.41. The second kappa shape index (κ2) is 7.31. The van der Waals surface area contributed by atoms with Crippen LogP contribution in [0, 0.1) is 0 Å². The molecule has 0 radical (unpaired) electrons. The number of rotatable bonds is 6. The molecule has 0 aromatic carbocycles. The minimum atomic E-state index is -4.50. The van der Waals surface area contributed by atoms with E-state index in [9.17, 15) is 22.8 Å². The number of carbonyl (C=O) groups is 1. The first-order valence-corrected chi connectivity index (χ1v) is 7.97. The zero-order valence-electron chi connectivity index (χ0n) is 13.2. The number of hydrogen-bond donors (Lipinski definition) is 0. The molecule has 132 valence electrons. The Morgan fingerprint density at radius 1 is 1.33 bits per heavy atom. The Bertz CT molecular complexity index is 769. The predicted molar refractivity (Wildman–Crippen MR) is 85.1 cm³/mol. The van der Waals surface area contributed by atoms with E-state index < -0.39 is 30.7 Å². The van der Waals surface area contributed by atoms with Gasteiger partial charge < -0.3 is 9.80 Å².